The van der Waals surface area contributed by atoms with Gasteiger partial charge in [0.05, 0.1) is 0 Å². The quantitative estimate of drug-likeness (QED) is 0.507. The minimum absolute atomic E-state index is 0.0109. The third kappa shape index (κ3) is 5.16. The van der Waals surface area contributed by atoms with Crippen molar-refractivity contribution in [3.8, 4) is 0 Å². The Kier molecular flexibility index (Phi) is 6.63. The maximum Gasteiger partial charge on any atom is 0.510 e. The van der Waals surface area contributed by atoms with Gasteiger partial charge >= 0.3 is 6.16 Å². The number of ether oxygens (including phenoxy) is 2. The van der Waals surface area contributed by atoms with E-state index in [1.165, 1.54) is 6.42 Å². The summed E-state index contributed by atoms with van der Waals surface area (Å²) in [6.07, 6.45) is 4.02. The van der Waals surface area contributed by atoms with E-state index in [4.69, 9.17) is 21.1 Å². The van der Waals surface area contributed by atoms with Gasteiger partial charge in [-0.25, -0.2) is 4.79 Å². The largest absolute Gasteiger partial charge is 0.510 e. The van der Waals surface area contributed by atoms with Crippen molar-refractivity contribution in [2.45, 2.75) is 78.4 Å². The van der Waals surface area contributed by atoms with E-state index >= 15 is 0 Å². The predicted octanol–water partition coefficient (Wildman–Crippen LogP) is 5.36. The highest BCUT2D eigenvalue weighted by molar-refractivity contribution is 6.20. The van der Waals surface area contributed by atoms with Crippen LogP contribution in [0.3, 0.4) is 0 Å². The van der Waals surface area contributed by atoms with E-state index in [-0.39, 0.29) is 11.5 Å². The van der Waals surface area contributed by atoms with Gasteiger partial charge in [0.15, 0.2) is 5.56 Å². The molecule has 4 heteroatoms. The van der Waals surface area contributed by atoms with Gasteiger partial charge < -0.3 is 9.47 Å². The summed E-state index contributed by atoms with van der Waals surface area (Å²) in [6, 6.07) is 0. The highest BCUT2D eigenvalue weighted by atomic mass is 35.5. The summed E-state index contributed by atoms with van der Waals surface area (Å²) in [5.41, 5.74) is -0.572. The van der Waals surface area contributed by atoms with Crippen molar-refractivity contribution >= 4 is 17.8 Å². The van der Waals surface area contributed by atoms with Gasteiger partial charge in [-0.1, -0.05) is 52.6 Å². The topological polar surface area (TPSA) is 35.5 Å². The number of carbonyl (C=O) groups is 1. The van der Waals surface area contributed by atoms with Gasteiger partial charge in [-0.2, -0.15) is 0 Å². The Labute approximate surface area is 128 Å². The molecule has 1 rings (SSSR count). The number of alkyl halides is 1. The molecule has 0 spiro atoms. The van der Waals surface area contributed by atoms with Crippen LogP contribution in [0.25, 0.3) is 0 Å². The summed E-state index contributed by atoms with van der Waals surface area (Å²) in [6.45, 7) is 10.8. The van der Waals surface area contributed by atoms with Gasteiger partial charge in [0, 0.05) is 5.41 Å². The summed E-state index contributed by atoms with van der Waals surface area (Å²) in [5, 5.41) is 0. The molecule has 0 heterocycles. The lowest BCUT2D eigenvalue weighted by Crippen LogP contribution is -2.41. The summed E-state index contributed by atoms with van der Waals surface area (Å²) in [7, 11) is 0. The fraction of sp³-hybridized carbons (Fsp3) is 0.938. The average molecular weight is 305 g/mol. The smallest absolute Gasteiger partial charge is 0.430 e. The summed E-state index contributed by atoms with van der Waals surface area (Å²) < 4.78 is 10.6. The molecule has 0 amide bonds. The van der Waals surface area contributed by atoms with E-state index in [0.29, 0.717) is 18.3 Å². The van der Waals surface area contributed by atoms with Gasteiger partial charge in [0.25, 0.3) is 0 Å². The van der Waals surface area contributed by atoms with Crippen molar-refractivity contribution < 1.29 is 14.3 Å². The molecule has 0 aliphatic heterocycles. The summed E-state index contributed by atoms with van der Waals surface area (Å²) >= 11 is 5.92. The molecule has 3 nitrogen and oxygen atoms in total. The van der Waals surface area contributed by atoms with Crippen molar-refractivity contribution in [2.24, 2.45) is 17.3 Å². The van der Waals surface area contributed by atoms with Crippen molar-refractivity contribution in [3.05, 3.63) is 0 Å². The first-order valence-corrected chi connectivity index (χ1v) is 8.21. The molecule has 0 aromatic heterocycles. The van der Waals surface area contributed by atoms with Gasteiger partial charge in [-0.05, 0) is 37.5 Å². The van der Waals surface area contributed by atoms with Crippen molar-refractivity contribution in [1.82, 2.24) is 0 Å². The van der Waals surface area contributed by atoms with E-state index in [9.17, 15) is 4.79 Å². The molecule has 1 aliphatic rings. The van der Waals surface area contributed by atoms with Gasteiger partial charge in [0.2, 0.25) is 0 Å². The molecule has 3 atom stereocenters. The number of halogens is 1. The molecule has 1 fully saturated rings. The molecular weight excluding hydrogens is 276 g/mol. The van der Waals surface area contributed by atoms with Crippen LogP contribution in [0, 0.1) is 17.3 Å². The second-order valence-electron chi connectivity index (χ2n) is 6.94. The maximum absolute atomic E-state index is 11.8. The highest BCUT2D eigenvalue weighted by Gasteiger charge is 2.40. The minimum atomic E-state index is -0.624. The van der Waals surface area contributed by atoms with Crippen LogP contribution in [0.2, 0.25) is 0 Å². The van der Waals surface area contributed by atoms with E-state index in [2.05, 4.69) is 27.7 Å². The normalized spacial score (nSPS) is 27.1. The second-order valence-corrected chi connectivity index (χ2v) is 7.43. The number of hydrogen-bond donors (Lipinski definition) is 0. The third-order valence-corrected chi connectivity index (χ3v) is 4.78. The lowest BCUT2D eigenvalue weighted by molar-refractivity contribution is -0.0618. The molecule has 1 unspecified atom stereocenters. The molecule has 1 aliphatic carbocycles. The van der Waals surface area contributed by atoms with Gasteiger partial charge in [0.1, 0.15) is 6.10 Å². The summed E-state index contributed by atoms with van der Waals surface area (Å²) in [4.78, 5) is 11.8. The Balaban J connectivity index is 2.55. The van der Waals surface area contributed by atoms with Crippen LogP contribution in [0.15, 0.2) is 0 Å². The van der Waals surface area contributed by atoms with Gasteiger partial charge in [-0.3, -0.25) is 0 Å². The van der Waals surface area contributed by atoms with E-state index in [0.717, 1.165) is 19.3 Å². The molecule has 0 aromatic carbocycles. The average Bonchev–Trinajstić information content (AvgIpc) is 2.31. The van der Waals surface area contributed by atoms with Crippen LogP contribution >= 0.6 is 11.6 Å². The first kappa shape index (κ1) is 17.6. The lowest BCUT2D eigenvalue weighted by atomic mass is 9.68. The molecule has 20 heavy (non-hydrogen) atoms. The zero-order chi connectivity index (χ0) is 15.3. The third-order valence-electron chi connectivity index (χ3n) is 4.47. The van der Waals surface area contributed by atoms with Crippen LogP contribution in [0.1, 0.15) is 66.7 Å². The Morgan fingerprint density at radius 2 is 2.05 bits per heavy atom. The fourth-order valence-electron chi connectivity index (χ4n) is 2.78. The zero-order valence-corrected chi connectivity index (χ0v) is 14.2. The SMILES string of the molecule is CCCC(Cl)OC(=O)O[C@@H]1C[C@@H](C(C)C)CCC1(C)C. The Hall–Kier alpha value is -0.440. The van der Waals surface area contributed by atoms with Gasteiger partial charge in [-0.15, -0.1) is 0 Å². The van der Waals surface area contributed by atoms with Crippen LogP contribution in [-0.4, -0.2) is 17.8 Å². The first-order chi connectivity index (χ1) is 9.26. The molecule has 0 aromatic rings. The molecule has 0 radical (unpaired) electrons. The maximum atomic E-state index is 11.8. The number of carbonyl (C=O) groups excluding carboxylic acids is 1. The molecular formula is C16H29ClO3. The predicted molar refractivity (Wildman–Crippen MR) is 81.9 cm³/mol. The van der Waals surface area contributed by atoms with E-state index < -0.39 is 11.7 Å². The Bertz CT molecular complexity index is 315. The molecule has 0 N–H and O–H groups in total. The Morgan fingerprint density at radius 3 is 2.60 bits per heavy atom. The zero-order valence-electron chi connectivity index (χ0n) is 13.4. The number of rotatable bonds is 5. The fourth-order valence-corrected chi connectivity index (χ4v) is 3.07. The lowest BCUT2D eigenvalue weighted by Gasteiger charge is -2.42. The molecule has 1 saturated carbocycles. The first-order valence-electron chi connectivity index (χ1n) is 7.77. The Morgan fingerprint density at radius 1 is 1.40 bits per heavy atom. The van der Waals surface area contributed by atoms with Crippen LogP contribution in [0.5, 0.6) is 0 Å². The minimum Gasteiger partial charge on any atom is -0.430 e. The van der Waals surface area contributed by atoms with Crippen molar-refractivity contribution in [1.29, 1.82) is 0 Å². The van der Waals surface area contributed by atoms with Crippen LogP contribution < -0.4 is 0 Å². The molecule has 118 valence electrons. The van der Waals surface area contributed by atoms with E-state index in [1.54, 1.807) is 0 Å². The van der Waals surface area contributed by atoms with Crippen molar-refractivity contribution in [2.75, 3.05) is 0 Å². The second kappa shape index (κ2) is 7.53. The molecule has 0 bridgehead atoms. The van der Waals surface area contributed by atoms with Crippen LogP contribution in [-0.2, 0) is 9.47 Å². The van der Waals surface area contributed by atoms with Crippen molar-refractivity contribution in [3.63, 3.8) is 0 Å². The number of hydrogen-bond acceptors (Lipinski definition) is 3. The van der Waals surface area contributed by atoms with Crippen LogP contribution in [0.4, 0.5) is 4.79 Å². The monoisotopic (exact) mass is 304 g/mol. The van der Waals surface area contributed by atoms with E-state index in [1.807, 2.05) is 6.92 Å². The molecule has 0 saturated heterocycles. The summed E-state index contributed by atoms with van der Waals surface area (Å²) in [5.74, 6) is 1.23. The standard InChI is InChI=1S/C16H29ClO3/c1-6-7-14(17)20-15(18)19-13-10-12(11(2)3)8-9-16(13,4)5/h11-14H,6-10H2,1-5H3/t12-,13+,14?/m0/s1. The highest BCUT2D eigenvalue weighted by Crippen LogP contribution is 2.42.